The summed E-state index contributed by atoms with van der Waals surface area (Å²) >= 11 is 2.75. The zero-order chi connectivity index (χ0) is 23.2. The first-order valence-electron chi connectivity index (χ1n) is 10.2. The van der Waals surface area contributed by atoms with Gasteiger partial charge >= 0.3 is 6.18 Å². The largest absolute Gasteiger partial charge is 0.416 e. The van der Waals surface area contributed by atoms with Gasteiger partial charge < -0.3 is 9.80 Å². The van der Waals surface area contributed by atoms with Crippen molar-refractivity contribution in [2.75, 3.05) is 31.1 Å². The first-order valence-corrected chi connectivity index (χ1v) is 11.8. The summed E-state index contributed by atoms with van der Waals surface area (Å²) in [5.74, 6) is -0.103. The number of alkyl halides is 3. The molecule has 1 aromatic carbocycles. The van der Waals surface area contributed by atoms with Crippen molar-refractivity contribution in [2.24, 2.45) is 0 Å². The van der Waals surface area contributed by atoms with Crippen molar-refractivity contribution >= 4 is 44.1 Å². The molecular weight excluding hydrogens is 471 g/mol. The van der Waals surface area contributed by atoms with Crippen LogP contribution >= 0.6 is 22.7 Å². The second-order valence-corrected chi connectivity index (χ2v) is 9.57. The maximum atomic E-state index is 13.1. The van der Waals surface area contributed by atoms with E-state index in [-0.39, 0.29) is 5.91 Å². The summed E-state index contributed by atoms with van der Waals surface area (Å²) in [7, 11) is 0. The third kappa shape index (κ3) is 4.30. The van der Waals surface area contributed by atoms with Crippen LogP contribution in [0, 0.1) is 6.92 Å². The number of pyridine rings is 1. The van der Waals surface area contributed by atoms with Crippen molar-refractivity contribution in [3.05, 3.63) is 58.7 Å². The van der Waals surface area contributed by atoms with Crippen molar-refractivity contribution in [3.63, 3.8) is 0 Å². The molecule has 6 nitrogen and oxygen atoms in total. The van der Waals surface area contributed by atoms with Crippen LogP contribution in [0.2, 0.25) is 0 Å². The summed E-state index contributed by atoms with van der Waals surface area (Å²) in [6.45, 7) is 4.18. The molecule has 1 fully saturated rings. The van der Waals surface area contributed by atoms with Gasteiger partial charge in [-0.1, -0.05) is 23.5 Å². The number of carbonyl (C=O) groups excluding carboxylic acids is 1. The Balaban J connectivity index is 1.28. The van der Waals surface area contributed by atoms with Crippen LogP contribution in [0.25, 0.3) is 20.9 Å². The number of aryl methyl sites for hydroxylation is 1. The molecule has 0 saturated carbocycles. The van der Waals surface area contributed by atoms with Gasteiger partial charge in [0.25, 0.3) is 5.91 Å². The Morgan fingerprint density at radius 2 is 1.73 bits per heavy atom. The summed E-state index contributed by atoms with van der Waals surface area (Å²) in [6, 6.07) is 8.64. The number of aromatic nitrogens is 3. The molecule has 0 unspecified atom stereocenters. The summed E-state index contributed by atoms with van der Waals surface area (Å²) in [5, 5.41) is 1.43. The molecule has 0 atom stereocenters. The predicted octanol–water partition coefficient (Wildman–Crippen LogP) is 5.10. The Kier molecular flexibility index (Phi) is 5.53. The molecule has 1 aliphatic rings. The Morgan fingerprint density at radius 1 is 1.00 bits per heavy atom. The normalized spacial score (nSPS) is 14.8. The first kappa shape index (κ1) is 21.8. The molecule has 170 valence electrons. The number of anilines is 1. The van der Waals surface area contributed by atoms with E-state index in [1.165, 1.54) is 34.8 Å². The standard InChI is InChI=1S/C22H18F3N5OS2/c1-13-17(32-18(27-13)14-4-6-15(7-5-14)22(23,24)25)20(31)29-9-11-30(12-10-29)21-28-16-3-2-8-26-19(16)33-21/h2-8H,9-12H2,1H3. The molecule has 0 aliphatic carbocycles. The topological polar surface area (TPSA) is 62.2 Å². The maximum Gasteiger partial charge on any atom is 0.416 e. The molecule has 0 bridgehead atoms. The molecule has 3 aromatic heterocycles. The zero-order valence-electron chi connectivity index (χ0n) is 17.5. The van der Waals surface area contributed by atoms with Crippen LogP contribution < -0.4 is 4.90 Å². The SMILES string of the molecule is Cc1nc(-c2ccc(C(F)(F)F)cc2)sc1C(=O)N1CCN(c2nc3cccnc3s2)CC1. The smallest absolute Gasteiger partial charge is 0.344 e. The summed E-state index contributed by atoms with van der Waals surface area (Å²) in [4.78, 5) is 31.9. The predicted molar refractivity (Wildman–Crippen MR) is 123 cm³/mol. The number of carbonyl (C=O) groups is 1. The van der Waals surface area contributed by atoms with E-state index in [2.05, 4.69) is 19.9 Å². The van der Waals surface area contributed by atoms with E-state index < -0.39 is 11.7 Å². The molecule has 0 spiro atoms. The van der Waals surface area contributed by atoms with Crippen molar-refractivity contribution in [2.45, 2.75) is 13.1 Å². The van der Waals surface area contributed by atoms with Gasteiger partial charge in [0, 0.05) is 37.9 Å². The number of hydrogen-bond acceptors (Lipinski definition) is 7. The fraction of sp³-hybridized carbons (Fsp3) is 0.273. The van der Waals surface area contributed by atoms with Gasteiger partial charge in [-0.05, 0) is 31.2 Å². The molecule has 11 heteroatoms. The van der Waals surface area contributed by atoms with Gasteiger partial charge in [0.1, 0.15) is 20.2 Å². The molecule has 1 amide bonds. The lowest BCUT2D eigenvalue weighted by molar-refractivity contribution is -0.137. The van der Waals surface area contributed by atoms with Crippen molar-refractivity contribution in [1.82, 2.24) is 19.9 Å². The number of piperazine rings is 1. The Bertz CT molecular complexity index is 1270. The maximum absolute atomic E-state index is 13.1. The van der Waals surface area contributed by atoms with Crippen LogP contribution in [0.15, 0.2) is 42.6 Å². The number of hydrogen-bond donors (Lipinski definition) is 0. The number of rotatable bonds is 3. The van der Waals surface area contributed by atoms with Crippen LogP contribution in [0.3, 0.4) is 0 Å². The summed E-state index contributed by atoms with van der Waals surface area (Å²) < 4.78 is 38.5. The molecule has 4 heterocycles. The lowest BCUT2D eigenvalue weighted by Gasteiger charge is -2.34. The van der Waals surface area contributed by atoms with Crippen LogP contribution in [-0.2, 0) is 6.18 Å². The number of halogens is 3. The number of thiazole rings is 2. The molecule has 5 rings (SSSR count). The lowest BCUT2D eigenvalue weighted by atomic mass is 10.1. The third-order valence-electron chi connectivity index (χ3n) is 5.44. The molecule has 4 aromatic rings. The average Bonchev–Trinajstić information content (AvgIpc) is 3.42. The van der Waals surface area contributed by atoms with Gasteiger partial charge in [-0.15, -0.1) is 11.3 Å². The minimum atomic E-state index is -4.39. The number of amides is 1. The van der Waals surface area contributed by atoms with E-state index in [4.69, 9.17) is 0 Å². The molecule has 0 N–H and O–H groups in total. The average molecular weight is 490 g/mol. The van der Waals surface area contributed by atoms with Gasteiger partial charge in [-0.3, -0.25) is 4.79 Å². The Hall–Kier alpha value is -3.05. The van der Waals surface area contributed by atoms with Crippen molar-refractivity contribution < 1.29 is 18.0 Å². The lowest BCUT2D eigenvalue weighted by Crippen LogP contribution is -2.48. The quantitative estimate of drug-likeness (QED) is 0.401. The fourth-order valence-electron chi connectivity index (χ4n) is 3.66. The highest BCUT2D eigenvalue weighted by molar-refractivity contribution is 7.21. The van der Waals surface area contributed by atoms with E-state index in [0.29, 0.717) is 47.3 Å². The van der Waals surface area contributed by atoms with Crippen LogP contribution in [0.1, 0.15) is 20.9 Å². The number of benzene rings is 1. The van der Waals surface area contributed by atoms with Gasteiger partial charge in [-0.25, -0.2) is 15.0 Å². The van der Waals surface area contributed by atoms with E-state index >= 15 is 0 Å². The minimum absolute atomic E-state index is 0.103. The van der Waals surface area contributed by atoms with Crippen LogP contribution in [0.5, 0.6) is 0 Å². The van der Waals surface area contributed by atoms with Gasteiger partial charge in [0.2, 0.25) is 0 Å². The molecule has 33 heavy (non-hydrogen) atoms. The van der Waals surface area contributed by atoms with E-state index in [9.17, 15) is 18.0 Å². The molecule has 1 saturated heterocycles. The highest BCUT2D eigenvalue weighted by atomic mass is 32.1. The van der Waals surface area contributed by atoms with Crippen molar-refractivity contribution in [1.29, 1.82) is 0 Å². The Morgan fingerprint density at radius 3 is 2.39 bits per heavy atom. The molecule has 1 aliphatic heterocycles. The number of nitrogens with zero attached hydrogens (tertiary/aromatic N) is 5. The second-order valence-electron chi connectivity index (χ2n) is 7.61. The van der Waals surface area contributed by atoms with E-state index in [1.807, 2.05) is 12.1 Å². The zero-order valence-corrected chi connectivity index (χ0v) is 19.1. The number of fused-ring (bicyclic) bond motifs is 1. The monoisotopic (exact) mass is 489 g/mol. The van der Waals surface area contributed by atoms with Crippen LogP contribution in [-0.4, -0.2) is 51.9 Å². The van der Waals surface area contributed by atoms with Crippen molar-refractivity contribution in [3.8, 4) is 10.6 Å². The minimum Gasteiger partial charge on any atom is -0.344 e. The molecular formula is C22H18F3N5OS2. The van der Waals surface area contributed by atoms with Gasteiger partial charge in [-0.2, -0.15) is 13.2 Å². The van der Waals surface area contributed by atoms with Gasteiger partial charge in [0.15, 0.2) is 5.13 Å². The molecule has 0 radical (unpaired) electrons. The second kappa shape index (κ2) is 8.38. The highest BCUT2D eigenvalue weighted by Crippen LogP contribution is 2.34. The fourth-order valence-corrected chi connectivity index (χ4v) is 5.66. The van der Waals surface area contributed by atoms with E-state index in [0.717, 1.165) is 27.6 Å². The summed E-state index contributed by atoms with van der Waals surface area (Å²) in [5.41, 5.74) is 1.30. The van der Waals surface area contributed by atoms with Gasteiger partial charge in [0.05, 0.1) is 11.3 Å². The first-order chi connectivity index (χ1) is 15.8. The van der Waals surface area contributed by atoms with E-state index in [1.54, 1.807) is 18.0 Å². The summed E-state index contributed by atoms with van der Waals surface area (Å²) in [6.07, 6.45) is -2.64. The third-order valence-corrected chi connectivity index (χ3v) is 7.68. The van der Waals surface area contributed by atoms with Crippen LogP contribution in [0.4, 0.5) is 18.3 Å². The highest BCUT2D eigenvalue weighted by Gasteiger charge is 2.30. The Labute approximate surface area is 195 Å².